The second-order valence-corrected chi connectivity index (χ2v) is 5.68. The van der Waals surface area contributed by atoms with Gasteiger partial charge in [0.05, 0.1) is 12.6 Å². The molecule has 0 bridgehead atoms. The summed E-state index contributed by atoms with van der Waals surface area (Å²) in [6, 6.07) is 5.26. The molecule has 0 spiro atoms. The fourth-order valence-corrected chi connectivity index (χ4v) is 2.49. The van der Waals surface area contributed by atoms with E-state index in [1.807, 2.05) is 11.8 Å². The van der Waals surface area contributed by atoms with Gasteiger partial charge in [0.2, 0.25) is 11.8 Å². The first-order valence-electron chi connectivity index (χ1n) is 7.52. The van der Waals surface area contributed by atoms with Crippen LogP contribution in [0.5, 0.6) is 0 Å². The molecule has 22 heavy (non-hydrogen) atoms. The summed E-state index contributed by atoms with van der Waals surface area (Å²) in [6.07, 6.45) is 2.10. The topological polar surface area (TPSA) is 52.7 Å². The van der Waals surface area contributed by atoms with E-state index in [4.69, 9.17) is 0 Å². The summed E-state index contributed by atoms with van der Waals surface area (Å²) in [6.45, 7) is 3.53. The normalized spacial score (nSPS) is 15.9. The molecule has 0 radical (unpaired) electrons. The Balaban J connectivity index is 1.84. The summed E-state index contributed by atoms with van der Waals surface area (Å²) in [4.78, 5) is 27.8. The van der Waals surface area contributed by atoms with Crippen LogP contribution in [0.3, 0.4) is 0 Å². The van der Waals surface area contributed by atoms with Crippen LogP contribution in [0.25, 0.3) is 0 Å². The van der Waals surface area contributed by atoms with Gasteiger partial charge < -0.3 is 10.2 Å². The van der Waals surface area contributed by atoms with Crippen molar-refractivity contribution in [3.05, 3.63) is 30.1 Å². The van der Waals surface area contributed by atoms with Crippen LogP contribution < -0.4 is 5.32 Å². The lowest BCUT2D eigenvalue weighted by Gasteiger charge is -2.27. The number of halogens is 1. The van der Waals surface area contributed by atoms with E-state index in [2.05, 4.69) is 5.32 Å². The summed E-state index contributed by atoms with van der Waals surface area (Å²) < 4.78 is 12.8. The SMILES string of the molecule is C[C@@H](C(=O)N1CCCC1)N(C)CC(=O)Nc1ccc(F)cc1. The van der Waals surface area contributed by atoms with Crippen molar-refractivity contribution in [2.24, 2.45) is 0 Å². The molecule has 0 aliphatic carbocycles. The largest absolute Gasteiger partial charge is 0.341 e. The van der Waals surface area contributed by atoms with Gasteiger partial charge in [0, 0.05) is 18.8 Å². The van der Waals surface area contributed by atoms with Gasteiger partial charge in [-0.05, 0) is 51.1 Å². The molecule has 0 aromatic heterocycles. The molecule has 1 aliphatic rings. The predicted octanol–water partition coefficient (Wildman–Crippen LogP) is 1.71. The molecule has 1 heterocycles. The van der Waals surface area contributed by atoms with E-state index >= 15 is 0 Å². The van der Waals surface area contributed by atoms with Crippen LogP contribution in [0.1, 0.15) is 19.8 Å². The lowest BCUT2D eigenvalue weighted by Crippen LogP contribution is -2.46. The van der Waals surface area contributed by atoms with Gasteiger partial charge in [-0.15, -0.1) is 0 Å². The van der Waals surface area contributed by atoms with Crippen LogP contribution in [0.15, 0.2) is 24.3 Å². The summed E-state index contributed by atoms with van der Waals surface area (Å²) in [7, 11) is 1.75. The molecule has 1 fully saturated rings. The van der Waals surface area contributed by atoms with Crippen molar-refractivity contribution >= 4 is 17.5 Å². The summed E-state index contributed by atoms with van der Waals surface area (Å²) in [5, 5.41) is 2.69. The molecule has 1 N–H and O–H groups in total. The Kier molecular flexibility index (Phi) is 5.49. The highest BCUT2D eigenvalue weighted by Gasteiger charge is 2.26. The molecule has 1 saturated heterocycles. The third kappa shape index (κ3) is 4.27. The van der Waals surface area contributed by atoms with Gasteiger partial charge in [-0.25, -0.2) is 4.39 Å². The third-order valence-corrected chi connectivity index (χ3v) is 3.96. The monoisotopic (exact) mass is 307 g/mol. The molecule has 120 valence electrons. The molecule has 1 atom stereocenters. The van der Waals surface area contributed by atoms with E-state index in [-0.39, 0.29) is 30.2 Å². The second-order valence-electron chi connectivity index (χ2n) is 5.68. The van der Waals surface area contributed by atoms with Gasteiger partial charge in [-0.3, -0.25) is 14.5 Å². The Morgan fingerprint density at radius 2 is 1.86 bits per heavy atom. The number of anilines is 1. The van der Waals surface area contributed by atoms with Gasteiger partial charge in [-0.2, -0.15) is 0 Å². The minimum Gasteiger partial charge on any atom is -0.341 e. The number of nitrogens with zero attached hydrogens (tertiary/aromatic N) is 2. The number of nitrogens with one attached hydrogen (secondary N) is 1. The van der Waals surface area contributed by atoms with E-state index in [0.29, 0.717) is 5.69 Å². The number of likely N-dealkylation sites (tertiary alicyclic amines) is 1. The van der Waals surface area contributed by atoms with Crippen molar-refractivity contribution in [1.82, 2.24) is 9.80 Å². The Hall–Kier alpha value is -1.95. The number of carbonyl (C=O) groups is 2. The average Bonchev–Trinajstić information content (AvgIpc) is 3.02. The summed E-state index contributed by atoms with van der Waals surface area (Å²) >= 11 is 0. The number of rotatable bonds is 5. The maximum Gasteiger partial charge on any atom is 0.239 e. The standard InChI is InChI=1S/C16H22FN3O2/c1-12(16(22)20-9-3-4-10-20)19(2)11-15(21)18-14-7-5-13(17)6-8-14/h5-8,12H,3-4,9-11H2,1-2H3,(H,18,21)/t12-/m0/s1. The molecular formula is C16H22FN3O2. The Morgan fingerprint density at radius 1 is 1.27 bits per heavy atom. The maximum atomic E-state index is 12.8. The number of benzene rings is 1. The number of hydrogen-bond donors (Lipinski definition) is 1. The number of likely N-dealkylation sites (N-methyl/N-ethyl adjacent to an activating group) is 1. The first kappa shape index (κ1) is 16.4. The highest BCUT2D eigenvalue weighted by Crippen LogP contribution is 2.12. The first-order valence-corrected chi connectivity index (χ1v) is 7.52. The zero-order chi connectivity index (χ0) is 16.1. The van der Waals surface area contributed by atoms with Gasteiger partial charge in [0.1, 0.15) is 5.82 Å². The highest BCUT2D eigenvalue weighted by atomic mass is 19.1. The van der Waals surface area contributed by atoms with Crippen LogP contribution in [-0.2, 0) is 9.59 Å². The molecule has 1 aliphatic heterocycles. The van der Waals surface area contributed by atoms with Crippen molar-refractivity contribution in [3.8, 4) is 0 Å². The molecule has 0 saturated carbocycles. The van der Waals surface area contributed by atoms with Gasteiger partial charge in [0.15, 0.2) is 0 Å². The van der Waals surface area contributed by atoms with Crippen LogP contribution in [-0.4, -0.2) is 54.3 Å². The molecule has 2 rings (SSSR count). The van der Waals surface area contributed by atoms with Crippen molar-refractivity contribution in [2.45, 2.75) is 25.8 Å². The number of amides is 2. The van der Waals surface area contributed by atoms with Crippen LogP contribution >= 0.6 is 0 Å². The Morgan fingerprint density at radius 3 is 2.45 bits per heavy atom. The molecule has 2 amide bonds. The maximum absolute atomic E-state index is 12.8. The first-order chi connectivity index (χ1) is 10.5. The van der Waals surface area contributed by atoms with Gasteiger partial charge in [-0.1, -0.05) is 0 Å². The highest BCUT2D eigenvalue weighted by molar-refractivity contribution is 5.92. The zero-order valence-electron chi connectivity index (χ0n) is 13.0. The molecule has 1 aromatic carbocycles. The quantitative estimate of drug-likeness (QED) is 0.901. The lowest BCUT2D eigenvalue weighted by atomic mass is 10.2. The van der Waals surface area contributed by atoms with Gasteiger partial charge in [0.25, 0.3) is 0 Å². The van der Waals surface area contributed by atoms with Crippen molar-refractivity contribution < 1.29 is 14.0 Å². The second kappa shape index (κ2) is 7.35. The van der Waals surface area contributed by atoms with E-state index in [0.717, 1.165) is 25.9 Å². The number of carbonyl (C=O) groups excluding carboxylic acids is 2. The molecule has 1 aromatic rings. The molecule has 0 unspecified atom stereocenters. The molecular weight excluding hydrogens is 285 g/mol. The number of hydrogen-bond acceptors (Lipinski definition) is 3. The van der Waals surface area contributed by atoms with Crippen LogP contribution in [0, 0.1) is 5.82 Å². The van der Waals surface area contributed by atoms with Crippen molar-refractivity contribution in [3.63, 3.8) is 0 Å². The van der Waals surface area contributed by atoms with E-state index in [1.54, 1.807) is 11.9 Å². The smallest absolute Gasteiger partial charge is 0.239 e. The van der Waals surface area contributed by atoms with Crippen molar-refractivity contribution in [1.29, 1.82) is 0 Å². The van der Waals surface area contributed by atoms with Crippen molar-refractivity contribution in [2.75, 3.05) is 32.0 Å². The molecule has 6 heteroatoms. The fraction of sp³-hybridized carbons (Fsp3) is 0.500. The van der Waals surface area contributed by atoms with E-state index in [1.165, 1.54) is 24.3 Å². The predicted molar refractivity (Wildman–Crippen MR) is 82.9 cm³/mol. The average molecular weight is 307 g/mol. The third-order valence-electron chi connectivity index (χ3n) is 3.96. The van der Waals surface area contributed by atoms with Crippen LogP contribution in [0.4, 0.5) is 10.1 Å². The fourth-order valence-electron chi connectivity index (χ4n) is 2.49. The minimum atomic E-state index is -0.347. The summed E-state index contributed by atoms with van der Waals surface area (Å²) in [5.74, 6) is -0.510. The van der Waals surface area contributed by atoms with E-state index < -0.39 is 0 Å². The lowest BCUT2D eigenvalue weighted by molar-refractivity contribution is -0.135. The zero-order valence-corrected chi connectivity index (χ0v) is 13.0. The summed E-state index contributed by atoms with van der Waals surface area (Å²) in [5.41, 5.74) is 0.540. The van der Waals surface area contributed by atoms with Gasteiger partial charge >= 0.3 is 0 Å². The Bertz CT molecular complexity index is 527. The van der Waals surface area contributed by atoms with Crippen LogP contribution in [0.2, 0.25) is 0 Å². The Labute approximate surface area is 130 Å². The minimum absolute atomic E-state index is 0.0644. The van der Waals surface area contributed by atoms with E-state index in [9.17, 15) is 14.0 Å². The molecule has 5 nitrogen and oxygen atoms in total.